The number of benzene rings is 1. The van der Waals surface area contributed by atoms with Gasteiger partial charge >= 0.3 is 5.97 Å². The zero-order chi connectivity index (χ0) is 11.6. The molecule has 15 heavy (non-hydrogen) atoms. The molecule has 0 spiro atoms. The summed E-state index contributed by atoms with van der Waals surface area (Å²) in [5.74, 6) is -0.873. The van der Waals surface area contributed by atoms with E-state index in [1.54, 1.807) is 0 Å². The van der Waals surface area contributed by atoms with Crippen molar-refractivity contribution in [2.75, 3.05) is 0 Å². The van der Waals surface area contributed by atoms with Crippen LogP contribution in [-0.2, 0) is 14.3 Å². The van der Waals surface area contributed by atoms with Crippen molar-refractivity contribution >= 4 is 27.2 Å². The highest BCUT2D eigenvalue weighted by molar-refractivity contribution is 14.1. The zero-order valence-electron chi connectivity index (χ0n) is 8.93. The van der Waals surface area contributed by atoms with Crippen LogP contribution in [0.4, 0.5) is 0 Å². The fraction of sp³-hybridized carbons (Fsp3) is 0.364. The lowest BCUT2D eigenvalue weighted by Gasteiger charge is -2.11. The van der Waals surface area contributed by atoms with Crippen molar-refractivity contribution in [1.29, 1.82) is 0 Å². The van der Waals surface area contributed by atoms with Gasteiger partial charge in [-0.15, -0.1) is 0 Å². The van der Waals surface area contributed by atoms with Crippen LogP contribution in [0.5, 0.6) is 0 Å². The van der Waals surface area contributed by atoms with Crippen molar-refractivity contribution in [3.63, 3.8) is 0 Å². The monoisotopic (exact) mass is 320 g/mol. The van der Waals surface area contributed by atoms with E-state index in [0.29, 0.717) is 0 Å². The number of hydrogen-bond acceptors (Lipinski definition) is 2. The molecule has 0 aliphatic carbocycles. The molecule has 0 bridgehead atoms. The Balaban J connectivity index is 3.43. The second-order valence-electron chi connectivity index (χ2n) is 3.58. The first-order valence-electron chi connectivity index (χ1n) is 4.56. The SMILES string of the molecule is Cc1cc(C)c(I=O)c(CC(=O)O)c1C. The molecule has 4 heteroatoms. The van der Waals surface area contributed by atoms with Gasteiger partial charge in [0.1, 0.15) is 0 Å². The lowest BCUT2D eigenvalue weighted by atomic mass is 9.98. The molecule has 0 fully saturated rings. The van der Waals surface area contributed by atoms with Gasteiger partial charge in [-0.3, -0.25) is 7.86 Å². The number of rotatable bonds is 3. The number of carbonyl (C=O) groups is 1. The van der Waals surface area contributed by atoms with Gasteiger partial charge in [-0.05, 0) is 43.0 Å². The van der Waals surface area contributed by atoms with Gasteiger partial charge < -0.3 is 5.11 Å². The summed E-state index contributed by atoms with van der Waals surface area (Å²) in [5, 5.41) is 8.80. The highest BCUT2D eigenvalue weighted by Gasteiger charge is 2.14. The Morgan fingerprint density at radius 1 is 1.33 bits per heavy atom. The predicted molar refractivity (Wildman–Crippen MR) is 65.4 cm³/mol. The second kappa shape index (κ2) is 4.83. The van der Waals surface area contributed by atoms with Gasteiger partial charge in [-0.2, -0.15) is 0 Å². The summed E-state index contributed by atoms with van der Waals surface area (Å²) in [5.41, 5.74) is 3.69. The van der Waals surface area contributed by atoms with Crippen LogP contribution in [0, 0.1) is 24.3 Å². The standard InChI is InChI=1S/C11H13IO3/c1-6-4-7(2)11(12-15)9(8(6)3)5-10(13)14/h4H,5H2,1-3H3,(H,13,14). The van der Waals surface area contributed by atoms with Crippen molar-refractivity contribution in [3.8, 4) is 0 Å². The van der Waals surface area contributed by atoms with Crippen LogP contribution < -0.4 is 0 Å². The van der Waals surface area contributed by atoms with E-state index in [1.807, 2.05) is 26.8 Å². The minimum Gasteiger partial charge on any atom is -0.481 e. The Bertz CT molecular complexity index is 424. The van der Waals surface area contributed by atoms with Gasteiger partial charge in [-0.1, -0.05) is 6.07 Å². The summed E-state index contributed by atoms with van der Waals surface area (Å²) < 4.78 is 11.9. The molecule has 0 aliphatic rings. The van der Waals surface area contributed by atoms with Gasteiger partial charge in [0.05, 0.1) is 9.99 Å². The van der Waals surface area contributed by atoms with Gasteiger partial charge in [0, 0.05) is 0 Å². The Morgan fingerprint density at radius 2 is 1.93 bits per heavy atom. The maximum absolute atomic E-state index is 11.1. The van der Waals surface area contributed by atoms with Gasteiger partial charge in [0.2, 0.25) is 0 Å². The molecule has 0 radical (unpaired) electrons. The third kappa shape index (κ3) is 2.62. The van der Waals surface area contributed by atoms with E-state index < -0.39 is 27.2 Å². The number of carboxylic acid groups (broad SMARTS) is 1. The zero-order valence-corrected chi connectivity index (χ0v) is 11.1. The van der Waals surface area contributed by atoms with Crippen molar-refractivity contribution < 1.29 is 13.0 Å². The fourth-order valence-corrected chi connectivity index (χ4v) is 2.97. The summed E-state index contributed by atoms with van der Waals surface area (Å²) in [6, 6.07) is 1.97. The van der Waals surface area contributed by atoms with Crippen LogP contribution in [0.1, 0.15) is 22.3 Å². The minimum absolute atomic E-state index is 0.0361. The molecule has 1 N–H and O–H groups in total. The van der Waals surface area contributed by atoms with E-state index in [-0.39, 0.29) is 6.42 Å². The summed E-state index contributed by atoms with van der Waals surface area (Å²) in [6.07, 6.45) is -0.0361. The van der Waals surface area contributed by atoms with Crippen molar-refractivity contribution in [1.82, 2.24) is 0 Å². The summed E-state index contributed by atoms with van der Waals surface area (Å²) in [4.78, 5) is 10.7. The molecule has 0 saturated heterocycles. The van der Waals surface area contributed by atoms with Crippen molar-refractivity contribution in [2.45, 2.75) is 27.2 Å². The maximum atomic E-state index is 11.1. The van der Waals surface area contributed by atoms with E-state index >= 15 is 0 Å². The highest BCUT2D eigenvalue weighted by atomic mass is 127. The van der Waals surface area contributed by atoms with Crippen LogP contribution >= 0.6 is 21.2 Å². The van der Waals surface area contributed by atoms with Crippen LogP contribution in [-0.4, -0.2) is 11.1 Å². The lowest BCUT2D eigenvalue weighted by Crippen LogP contribution is -2.07. The molecule has 0 aliphatic heterocycles. The van der Waals surface area contributed by atoms with Gasteiger partial charge in [0.15, 0.2) is 21.2 Å². The summed E-state index contributed by atoms with van der Waals surface area (Å²) in [7, 11) is 0. The Morgan fingerprint density at radius 3 is 2.40 bits per heavy atom. The van der Waals surface area contributed by atoms with E-state index in [1.165, 1.54) is 0 Å². The largest absolute Gasteiger partial charge is 0.481 e. The quantitative estimate of drug-likeness (QED) is 0.871. The van der Waals surface area contributed by atoms with E-state index in [0.717, 1.165) is 25.8 Å². The summed E-state index contributed by atoms with van der Waals surface area (Å²) in [6.45, 7) is 5.71. The van der Waals surface area contributed by atoms with Gasteiger partial charge in [-0.25, -0.2) is 0 Å². The average Bonchev–Trinajstić information content (AvgIpc) is 2.13. The second-order valence-corrected chi connectivity index (χ2v) is 5.09. The molecule has 1 aromatic carbocycles. The lowest BCUT2D eigenvalue weighted by molar-refractivity contribution is -0.136. The molecule has 1 aromatic rings. The molecule has 82 valence electrons. The number of aryl methyl sites for hydroxylation is 2. The Hall–Kier alpha value is -0.780. The first-order chi connectivity index (χ1) is 6.97. The van der Waals surface area contributed by atoms with Crippen LogP contribution in [0.2, 0.25) is 0 Å². The molecule has 0 amide bonds. The third-order valence-corrected chi connectivity index (χ3v) is 4.44. The maximum Gasteiger partial charge on any atom is 0.307 e. The summed E-state index contributed by atoms with van der Waals surface area (Å²) >= 11 is -1.31. The Kier molecular flexibility index (Phi) is 3.96. The molecule has 0 saturated carbocycles. The molecule has 0 unspecified atom stereocenters. The van der Waals surface area contributed by atoms with Crippen molar-refractivity contribution in [2.24, 2.45) is 0 Å². The fourth-order valence-electron chi connectivity index (χ4n) is 1.61. The minimum atomic E-state index is -1.31. The number of aliphatic carboxylic acids is 1. The topological polar surface area (TPSA) is 54.4 Å². The number of carboxylic acids is 1. The first kappa shape index (κ1) is 12.3. The third-order valence-electron chi connectivity index (χ3n) is 2.49. The van der Waals surface area contributed by atoms with Crippen LogP contribution in [0.25, 0.3) is 0 Å². The smallest absolute Gasteiger partial charge is 0.307 e. The van der Waals surface area contributed by atoms with Crippen molar-refractivity contribution in [3.05, 3.63) is 31.9 Å². The van der Waals surface area contributed by atoms with Crippen LogP contribution in [0.15, 0.2) is 6.07 Å². The van der Waals surface area contributed by atoms with E-state index in [4.69, 9.17) is 5.11 Å². The van der Waals surface area contributed by atoms with Crippen LogP contribution in [0.3, 0.4) is 0 Å². The molecule has 0 heterocycles. The predicted octanol–water partition coefficient (Wildman–Crippen LogP) is 2.72. The molecular weight excluding hydrogens is 307 g/mol. The number of hydrogen-bond donors (Lipinski definition) is 1. The normalized spacial score (nSPS) is 10.3. The Labute approximate surface area is 99.1 Å². The van der Waals surface area contributed by atoms with E-state index in [9.17, 15) is 7.86 Å². The highest BCUT2D eigenvalue weighted by Crippen LogP contribution is 2.26. The molecule has 3 nitrogen and oxygen atoms in total. The molecule has 0 aromatic heterocycles. The molecule has 1 rings (SSSR count). The van der Waals surface area contributed by atoms with Gasteiger partial charge in [0.25, 0.3) is 0 Å². The molecular formula is C11H13IO3. The average molecular weight is 320 g/mol. The molecule has 0 atom stereocenters. The first-order valence-corrected chi connectivity index (χ1v) is 6.52. The van der Waals surface area contributed by atoms with E-state index in [2.05, 4.69) is 0 Å². The number of halogens is 1.